The third kappa shape index (κ3) is 3.49. The summed E-state index contributed by atoms with van der Waals surface area (Å²) >= 11 is -2.34. The fourth-order valence-corrected chi connectivity index (χ4v) is 1.40. The van der Waals surface area contributed by atoms with Crippen LogP contribution in [-0.2, 0) is 17.3 Å². The second-order valence-corrected chi connectivity index (χ2v) is 4.05. The molecule has 0 heterocycles. The first-order valence-electron chi connectivity index (χ1n) is 4.28. The number of aryl methyl sites for hydroxylation is 1. The maximum atomic E-state index is 12.3. The Morgan fingerprint density at radius 1 is 1.44 bits per heavy atom. The average molecular weight is 252 g/mol. The minimum Gasteiger partial charge on any atom is -0.771 e. The second-order valence-electron chi connectivity index (χ2n) is 3.15. The molecular formula is C9H9F3NO2S-. The van der Waals surface area contributed by atoms with E-state index in [9.17, 15) is 21.9 Å². The molecule has 1 aromatic carbocycles. The zero-order valence-electron chi connectivity index (χ0n) is 8.30. The van der Waals surface area contributed by atoms with Gasteiger partial charge in [0.25, 0.3) is 0 Å². The average Bonchev–Trinajstić information content (AvgIpc) is 2.14. The molecule has 0 amide bonds. The number of nitrogens with one attached hydrogen (secondary N) is 1. The number of rotatable bonds is 3. The van der Waals surface area contributed by atoms with Crippen LogP contribution < -0.4 is 5.32 Å². The molecule has 1 aromatic rings. The van der Waals surface area contributed by atoms with Crippen LogP contribution in [0, 0.1) is 6.92 Å². The lowest BCUT2D eigenvalue weighted by molar-refractivity contribution is -0.137. The highest BCUT2D eigenvalue weighted by atomic mass is 32.2. The lowest BCUT2D eigenvalue weighted by Gasteiger charge is -2.14. The molecule has 1 N–H and O–H groups in total. The molecule has 1 rings (SSSR count). The summed E-state index contributed by atoms with van der Waals surface area (Å²) < 4.78 is 57.6. The van der Waals surface area contributed by atoms with Crippen LogP contribution in [0.3, 0.4) is 0 Å². The molecule has 3 nitrogen and oxygen atoms in total. The van der Waals surface area contributed by atoms with Crippen molar-refractivity contribution in [2.24, 2.45) is 0 Å². The molecule has 0 saturated carbocycles. The van der Waals surface area contributed by atoms with Crippen LogP contribution in [0.4, 0.5) is 18.9 Å². The number of anilines is 1. The number of benzene rings is 1. The van der Waals surface area contributed by atoms with E-state index in [-0.39, 0.29) is 5.69 Å². The molecule has 7 heteroatoms. The van der Waals surface area contributed by atoms with Crippen molar-refractivity contribution < 1.29 is 21.9 Å². The van der Waals surface area contributed by atoms with E-state index in [0.717, 1.165) is 12.1 Å². The number of hydrogen-bond donors (Lipinski definition) is 1. The fourth-order valence-electron chi connectivity index (χ4n) is 1.13. The van der Waals surface area contributed by atoms with Crippen molar-refractivity contribution in [3.05, 3.63) is 29.3 Å². The summed E-state index contributed by atoms with van der Waals surface area (Å²) in [5.41, 5.74) is -0.0882. The first-order chi connectivity index (χ1) is 7.30. The van der Waals surface area contributed by atoms with E-state index in [1.54, 1.807) is 6.92 Å². The molecule has 0 fully saturated rings. The van der Waals surface area contributed by atoms with Gasteiger partial charge in [0.05, 0.1) is 11.4 Å². The smallest absolute Gasteiger partial charge is 0.416 e. The zero-order valence-corrected chi connectivity index (χ0v) is 9.11. The van der Waals surface area contributed by atoms with E-state index in [0.29, 0.717) is 5.56 Å². The third-order valence-electron chi connectivity index (χ3n) is 1.95. The van der Waals surface area contributed by atoms with Crippen LogP contribution >= 0.6 is 0 Å². The molecule has 1 unspecified atom stereocenters. The largest absolute Gasteiger partial charge is 0.771 e. The molecule has 0 radical (unpaired) electrons. The zero-order chi connectivity index (χ0) is 12.3. The Morgan fingerprint density at radius 2 is 2.06 bits per heavy atom. The van der Waals surface area contributed by atoms with Crippen molar-refractivity contribution in [3.63, 3.8) is 0 Å². The molecule has 90 valence electrons. The fraction of sp³-hybridized carbons (Fsp3) is 0.333. The van der Waals surface area contributed by atoms with Crippen molar-refractivity contribution in [1.82, 2.24) is 0 Å². The van der Waals surface area contributed by atoms with Gasteiger partial charge >= 0.3 is 6.18 Å². The van der Waals surface area contributed by atoms with Gasteiger partial charge in [-0.1, -0.05) is 6.07 Å². The highest BCUT2D eigenvalue weighted by molar-refractivity contribution is 7.79. The van der Waals surface area contributed by atoms with E-state index in [1.165, 1.54) is 6.07 Å². The quantitative estimate of drug-likeness (QED) is 0.839. The van der Waals surface area contributed by atoms with Gasteiger partial charge in [0.1, 0.15) is 0 Å². The summed E-state index contributed by atoms with van der Waals surface area (Å²) in [6.07, 6.45) is -4.43. The van der Waals surface area contributed by atoms with Crippen LogP contribution in [0.5, 0.6) is 0 Å². The Morgan fingerprint density at radius 3 is 2.56 bits per heavy atom. The molecule has 0 aliphatic carbocycles. The third-order valence-corrected chi connectivity index (χ3v) is 2.33. The van der Waals surface area contributed by atoms with Crippen molar-refractivity contribution in [3.8, 4) is 0 Å². The van der Waals surface area contributed by atoms with Gasteiger partial charge in [-0.15, -0.1) is 0 Å². The highest BCUT2D eigenvalue weighted by Crippen LogP contribution is 2.31. The van der Waals surface area contributed by atoms with E-state index >= 15 is 0 Å². The van der Waals surface area contributed by atoms with E-state index in [1.807, 2.05) is 0 Å². The number of hydrogen-bond acceptors (Lipinski definition) is 3. The maximum Gasteiger partial charge on any atom is 0.416 e. The van der Waals surface area contributed by atoms with Crippen LogP contribution in [0.1, 0.15) is 11.1 Å². The normalized spacial score (nSPS) is 13.6. The first kappa shape index (κ1) is 13.0. The Kier molecular flexibility index (Phi) is 3.93. The predicted molar refractivity (Wildman–Crippen MR) is 53.6 cm³/mol. The number of alkyl halides is 3. The van der Waals surface area contributed by atoms with Gasteiger partial charge in [0.15, 0.2) is 0 Å². The molecule has 0 bridgehead atoms. The monoisotopic (exact) mass is 252 g/mol. The van der Waals surface area contributed by atoms with E-state index in [4.69, 9.17) is 0 Å². The summed E-state index contributed by atoms with van der Waals surface area (Å²) in [4.78, 5) is 0. The van der Waals surface area contributed by atoms with Crippen molar-refractivity contribution in [2.75, 3.05) is 11.2 Å². The van der Waals surface area contributed by atoms with Gasteiger partial charge in [-0.3, -0.25) is 4.21 Å². The highest BCUT2D eigenvalue weighted by Gasteiger charge is 2.30. The van der Waals surface area contributed by atoms with Crippen LogP contribution in [-0.4, -0.2) is 14.6 Å². The van der Waals surface area contributed by atoms with Gasteiger partial charge in [-0.05, 0) is 35.7 Å². The van der Waals surface area contributed by atoms with E-state index in [2.05, 4.69) is 5.32 Å². The Hall–Kier alpha value is -1.08. The lowest BCUT2D eigenvalue weighted by Crippen LogP contribution is -2.10. The van der Waals surface area contributed by atoms with Crippen molar-refractivity contribution in [1.29, 1.82) is 0 Å². The summed E-state index contributed by atoms with van der Waals surface area (Å²) in [5, 5.41) is 2.41. The second kappa shape index (κ2) is 4.84. The standard InChI is InChI=1S/C9H10F3NO2S/c1-6-2-3-7(9(10,11)12)4-8(6)13-5-16(14)15/h2-4,13H,5H2,1H3,(H,14,15)/p-1. The number of halogens is 3. The van der Waals surface area contributed by atoms with Gasteiger partial charge < -0.3 is 9.87 Å². The van der Waals surface area contributed by atoms with Crippen molar-refractivity contribution >= 4 is 16.8 Å². The van der Waals surface area contributed by atoms with Gasteiger partial charge in [0.2, 0.25) is 0 Å². The van der Waals surface area contributed by atoms with Crippen molar-refractivity contribution in [2.45, 2.75) is 13.1 Å². The maximum absolute atomic E-state index is 12.3. The van der Waals surface area contributed by atoms with Crippen LogP contribution in [0.15, 0.2) is 18.2 Å². The Balaban J connectivity index is 2.95. The first-order valence-corrected chi connectivity index (χ1v) is 5.52. The SMILES string of the molecule is Cc1ccc(C(F)(F)F)cc1NCS(=O)[O-]. The molecule has 0 aromatic heterocycles. The molecule has 0 aliphatic rings. The molecule has 0 spiro atoms. The molecule has 0 saturated heterocycles. The minimum absolute atomic E-state index is 0.166. The lowest BCUT2D eigenvalue weighted by atomic mass is 10.1. The Labute approximate surface area is 93.0 Å². The van der Waals surface area contributed by atoms with Gasteiger partial charge in [0, 0.05) is 5.69 Å². The summed E-state index contributed by atoms with van der Waals surface area (Å²) in [6, 6.07) is 3.13. The molecule has 1 atom stereocenters. The molecular weight excluding hydrogens is 243 g/mol. The molecule has 16 heavy (non-hydrogen) atoms. The van der Waals surface area contributed by atoms with E-state index < -0.39 is 28.7 Å². The minimum atomic E-state index is -4.43. The summed E-state index contributed by atoms with van der Waals surface area (Å²) in [7, 11) is 0. The summed E-state index contributed by atoms with van der Waals surface area (Å²) in [5.74, 6) is -0.415. The summed E-state index contributed by atoms with van der Waals surface area (Å²) in [6.45, 7) is 1.59. The van der Waals surface area contributed by atoms with Gasteiger partial charge in [-0.25, -0.2) is 0 Å². The Bertz CT molecular complexity index is 406. The predicted octanol–water partition coefficient (Wildman–Crippen LogP) is 2.26. The van der Waals surface area contributed by atoms with Crippen LogP contribution in [0.25, 0.3) is 0 Å². The molecule has 0 aliphatic heterocycles. The van der Waals surface area contributed by atoms with Crippen LogP contribution in [0.2, 0.25) is 0 Å². The topological polar surface area (TPSA) is 52.2 Å². The van der Waals surface area contributed by atoms with Gasteiger partial charge in [-0.2, -0.15) is 13.2 Å².